The van der Waals surface area contributed by atoms with Gasteiger partial charge in [0.25, 0.3) is 0 Å². The van der Waals surface area contributed by atoms with Crippen LogP contribution in [-0.2, 0) is 4.79 Å². The number of carbonyl (C=O) groups is 1. The van der Waals surface area contributed by atoms with Gasteiger partial charge >= 0.3 is 5.97 Å². The van der Waals surface area contributed by atoms with Gasteiger partial charge in [0.2, 0.25) is 0 Å². The van der Waals surface area contributed by atoms with E-state index >= 15 is 0 Å². The van der Waals surface area contributed by atoms with Gasteiger partial charge < -0.3 is 10.4 Å². The van der Waals surface area contributed by atoms with E-state index in [4.69, 9.17) is 5.11 Å². The van der Waals surface area contributed by atoms with Gasteiger partial charge in [-0.3, -0.25) is 4.79 Å². The molecule has 0 spiro atoms. The van der Waals surface area contributed by atoms with E-state index < -0.39 is 5.97 Å². The Morgan fingerprint density at radius 2 is 1.93 bits per heavy atom. The normalized spacial score (nSPS) is 26.5. The molecule has 3 heteroatoms. The summed E-state index contributed by atoms with van der Waals surface area (Å²) < 4.78 is 0. The Hall–Kier alpha value is -0.570. The van der Waals surface area contributed by atoms with Gasteiger partial charge in [0, 0.05) is 6.04 Å². The van der Waals surface area contributed by atoms with Gasteiger partial charge in [-0.2, -0.15) is 0 Å². The molecule has 1 fully saturated rings. The Balaban J connectivity index is 2.07. The van der Waals surface area contributed by atoms with E-state index in [0.29, 0.717) is 6.04 Å². The van der Waals surface area contributed by atoms with Crippen LogP contribution >= 0.6 is 0 Å². The molecule has 0 aliphatic heterocycles. The molecule has 0 aromatic carbocycles. The Kier molecular flexibility index (Phi) is 5.69. The highest BCUT2D eigenvalue weighted by molar-refractivity contribution is 5.70. The molecule has 0 atom stereocenters. The average Bonchev–Trinajstić information content (AvgIpc) is 2.25. The summed E-state index contributed by atoms with van der Waals surface area (Å²) in [7, 11) is 0. The predicted molar refractivity (Wildman–Crippen MR) is 60.9 cm³/mol. The highest BCUT2D eigenvalue weighted by Crippen LogP contribution is 2.24. The fourth-order valence-electron chi connectivity index (χ4n) is 2.23. The molecular formula is C12H23NO2. The van der Waals surface area contributed by atoms with Gasteiger partial charge in [-0.05, 0) is 38.6 Å². The molecule has 2 N–H and O–H groups in total. The van der Waals surface area contributed by atoms with Gasteiger partial charge in [0.05, 0.1) is 5.92 Å². The quantitative estimate of drug-likeness (QED) is 0.666. The highest BCUT2D eigenvalue weighted by Gasteiger charge is 2.25. The Morgan fingerprint density at radius 3 is 2.47 bits per heavy atom. The maximum atomic E-state index is 10.7. The van der Waals surface area contributed by atoms with Crippen LogP contribution < -0.4 is 5.32 Å². The van der Waals surface area contributed by atoms with Crippen LogP contribution in [0.3, 0.4) is 0 Å². The largest absolute Gasteiger partial charge is 0.481 e. The summed E-state index contributed by atoms with van der Waals surface area (Å²) in [5, 5.41) is 12.4. The molecule has 0 aromatic rings. The first kappa shape index (κ1) is 12.5. The first-order valence-corrected chi connectivity index (χ1v) is 6.20. The molecule has 0 radical (unpaired) electrons. The van der Waals surface area contributed by atoms with Crippen molar-refractivity contribution >= 4 is 5.97 Å². The molecule has 15 heavy (non-hydrogen) atoms. The Morgan fingerprint density at radius 1 is 1.27 bits per heavy atom. The van der Waals surface area contributed by atoms with E-state index in [9.17, 15) is 4.79 Å². The molecule has 1 rings (SSSR count). The van der Waals surface area contributed by atoms with E-state index in [2.05, 4.69) is 12.2 Å². The van der Waals surface area contributed by atoms with Crippen molar-refractivity contribution in [1.82, 2.24) is 5.32 Å². The van der Waals surface area contributed by atoms with Crippen LogP contribution in [0, 0.1) is 5.92 Å². The molecule has 0 amide bonds. The molecule has 1 saturated carbocycles. The van der Waals surface area contributed by atoms with Crippen molar-refractivity contribution in [2.45, 2.75) is 57.9 Å². The molecule has 1 aliphatic carbocycles. The number of nitrogens with one attached hydrogen (secondary N) is 1. The van der Waals surface area contributed by atoms with E-state index in [1.165, 1.54) is 19.3 Å². The third kappa shape index (κ3) is 4.65. The zero-order valence-electron chi connectivity index (χ0n) is 9.67. The summed E-state index contributed by atoms with van der Waals surface area (Å²) in [6.45, 7) is 3.30. The second-order valence-electron chi connectivity index (χ2n) is 4.55. The summed E-state index contributed by atoms with van der Waals surface area (Å²) in [6.07, 6.45) is 7.55. The molecule has 1 aliphatic rings. The first-order valence-electron chi connectivity index (χ1n) is 6.20. The first-order chi connectivity index (χ1) is 7.24. The van der Waals surface area contributed by atoms with Gasteiger partial charge in [-0.1, -0.05) is 19.8 Å². The number of carboxylic acid groups (broad SMARTS) is 1. The lowest BCUT2D eigenvalue weighted by atomic mass is 9.86. The van der Waals surface area contributed by atoms with Gasteiger partial charge in [-0.15, -0.1) is 0 Å². The fraction of sp³-hybridized carbons (Fsp3) is 0.917. The van der Waals surface area contributed by atoms with Crippen LogP contribution in [0.15, 0.2) is 0 Å². The van der Waals surface area contributed by atoms with Crippen molar-refractivity contribution in [2.24, 2.45) is 5.92 Å². The summed E-state index contributed by atoms with van der Waals surface area (Å²) in [5.74, 6) is -0.696. The van der Waals surface area contributed by atoms with Crippen LogP contribution in [0.2, 0.25) is 0 Å². The second kappa shape index (κ2) is 6.83. The van der Waals surface area contributed by atoms with Crippen molar-refractivity contribution < 1.29 is 9.90 Å². The molecule has 88 valence electrons. The van der Waals surface area contributed by atoms with Gasteiger partial charge in [-0.25, -0.2) is 0 Å². The maximum Gasteiger partial charge on any atom is 0.306 e. The van der Waals surface area contributed by atoms with Crippen LogP contribution in [0.25, 0.3) is 0 Å². The SMILES string of the molecule is CCCCCNC1CCC(C(=O)O)CC1. The molecule has 0 bridgehead atoms. The Labute approximate surface area is 92.3 Å². The summed E-state index contributed by atoms with van der Waals surface area (Å²) in [6, 6.07) is 0.567. The van der Waals surface area contributed by atoms with Crippen molar-refractivity contribution in [2.75, 3.05) is 6.54 Å². The number of unbranched alkanes of at least 4 members (excludes halogenated alkanes) is 2. The predicted octanol–water partition coefficient (Wildman–Crippen LogP) is 2.41. The number of rotatable bonds is 6. The van der Waals surface area contributed by atoms with E-state index in [1.807, 2.05) is 0 Å². The monoisotopic (exact) mass is 213 g/mol. The minimum Gasteiger partial charge on any atom is -0.481 e. The number of carboxylic acids is 1. The van der Waals surface area contributed by atoms with Crippen molar-refractivity contribution in [3.05, 3.63) is 0 Å². The summed E-state index contributed by atoms with van der Waals surface area (Å²) in [5.41, 5.74) is 0. The van der Waals surface area contributed by atoms with E-state index in [-0.39, 0.29) is 5.92 Å². The van der Waals surface area contributed by atoms with Gasteiger partial charge in [0.1, 0.15) is 0 Å². The van der Waals surface area contributed by atoms with E-state index in [1.54, 1.807) is 0 Å². The topological polar surface area (TPSA) is 49.3 Å². The lowest BCUT2D eigenvalue weighted by Crippen LogP contribution is -2.35. The maximum absolute atomic E-state index is 10.7. The smallest absolute Gasteiger partial charge is 0.306 e. The molecular weight excluding hydrogens is 190 g/mol. The van der Waals surface area contributed by atoms with Crippen molar-refractivity contribution in [3.8, 4) is 0 Å². The minimum absolute atomic E-state index is 0.0845. The van der Waals surface area contributed by atoms with Gasteiger partial charge in [0.15, 0.2) is 0 Å². The third-order valence-electron chi connectivity index (χ3n) is 3.29. The number of hydrogen-bond acceptors (Lipinski definition) is 2. The van der Waals surface area contributed by atoms with Crippen LogP contribution in [0.4, 0.5) is 0 Å². The van der Waals surface area contributed by atoms with Crippen molar-refractivity contribution in [3.63, 3.8) is 0 Å². The molecule has 0 unspecified atom stereocenters. The Bertz CT molecular complexity index is 186. The van der Waals surface area contributed by atoms with Crippen molar-refractivity contribution in [1.29, 1.82) is 0 Å². The number of hydrogen-bond donors (Lipinski definition) is 2. The molecule has 0 heterocycles. The van der Waals surface area contributed by atoms with Crippen LogP contribution in [0.1, 0.15) is 51.9 Å². The highest BCUT2D eigenvalue weighted by atomic mass is 16.4. The molecule has 0 aromatic heterocycles. The standard InChI is InChI=1S/C12H23NO2/c1-2-3-4-9-13-11-7-5-10(6-8-11)12(14)15/h10-11,13H,2-9H2,1H3,(H,14,15). The number of aliphatic carboxylic acids is 1. The lowest BCUT2D eigenvalue weighted by Gasteiger charge is -2.26. The fourth-order valence-corrected chi connectivity index (χ4v) is 2.23. The van der Waals surface area contributed by atoms with E-state index in [0.717, 1.165) is 32.2 Å². The zero-order chi connectivity index (χ0) is 11.1. The summed E-state index contributed by atoms with van der Waals surface area (Å²) >= 11 is 0. The summed E-state index contributed by atoms with van der Waals surface area (Å²) in [4.78, 5) is 10.7. The lowest BCUT2D eigenvalue weighted by molar-refractivity contribution is -0.142. The average molecular weight is 213 g/mol. The molecule has 3 nitrogen and oxygen atoms in total. The zero-order valence-corrected chi connectivity index (χ0v) is 9.67. The molecule has 0 saturated heterocycles. The minimum atomic E-state index is -0.612. The second-order valence-corrected chi connectivity index (χ2v) is 4.55. The third-order valence-corrected chi connectivity index (χ3v) is 3.29. The van der Waals surface area contributed by atoms with Crippen LogP contribution in [-0.4, -0.2) is 23.7 Å². The van der Waals surface area contributed by atoms with Crippen LogP contribution in [0.5, 0.6) is 0 Å².